The number of carbonyl (C=O) groups excluding carboxylic acids is 1. The highest BCUT2D eigenvalue weighted by Crippen LogP contribution is 2.31. The predicted octanol–water partition coefficient (Wildman–Crippen LogP) is 2.27. The highest BCUT2D eigenvalue weighted by molar-refractivity contribution is 5.92. The lowest BCUT2D eigenvalue weighted by Crippen LogP contribution is -2.33. The normalized spacial score (nSPS) is 17.7. The number of carbonyl (C=O) groups is 1. The molecule has 1 saturated heterocycles. The fraction of sp³-hybridized carbons (Fsp3) is 0.412. The van der Waals surface area contributed by atoms with Crippen molar-refractivity contribution < 1.29 is 4.79 Å². The van der Waals surface area contributed by atoms with E-state index >= 15 is 0 Å². The van der Waals surface area contributed by atoms with Crippen molar-refractivity contribution >= 4 is 5.91 Å². The molecular weight excluding hydrogens is 292 g/mol. The molecule has 2 aromatic rings. The van der Waals surface area contributed by atoms with E-state index in [9.17, 15) is 9.59 Å². The lowest BCUT2D eigenvalue weighted by atomic mass is 10.1. The molecule has 1 aliphatic heterocycles. The minimum atomic E-state index is -0.198. The molecule has 0 saturated carbocycles. The molecule has 3 heterocycles. The summed E-state index contributed by atoms with van der Waals surface area (Å²) in [5.41, 5.74) is 0.999. The van der Waals surface area contributed by atoms with Gasteiger partial charge in [0.25, 0.3) is 11.5 Å². The molecule has 3 rings (SSSR count). The zero-order valence-electron chi connectivity index (χ0n) is 13.3. The minimum Gasteiger partial charge on any atom is -0.327 e. The molecule has 120 valence electrons. The van der Waals surface area contributed by atoms with E-state index in [1.54, 1.807) is 29.3 Å². The van der Waals surface area contributed by atoms with Crippen LogP contribution in [-0.2, 0) is 0 Å². The fourth-order valence-corrected chi connectivity index (χ4v) is 2.88. The van der Waals surface area contributed by atoms with Crippen molar-refractivity contribution in [2.24, 2.45) is 0 Å². The largest absolute Gasteiger partial charge is 0.327 e. The Kier molecular flexibility index (Phi) is 4.23. The molecule has 0 aliphatic carbocycles. The van der Waals surface area contributed by atoms with Gasteiger partial charge in [-0.25, -0.2) is 4.98 Å². The van der Waals surface area contributed by atoms with Crippen LogP contribution in [-0.4, -0.2) is 32.3 Å². The van der Waals surface area contributed by atoms with Gasteiger partial charge in [-0.15, -0.1) is 0 Å². The van der Waals surface area contributed by atoms with Gasteiger partial charge in [0, 0.05) is 18.8 Å². The summed E-state index contributed by atoms with van der Waals surface area (Å²) in [6.07, 6.45) is 3.29. The van der Waals surface area contributed by atoms with Crippen molar-refractivity contribution in [1.82, 2.24) is 19.9 Å². The van der Waals surface area contributed by atoms with Crippen LogP contribution >= 0.6 is 0 Å². The smallest absolute Gasteiger partial charge is 0.273 e. The molecular formula is C17H20N4O2. The molecule has 23 heavy (non-hydrogen) atoms. The summed E-state index contributed by atoms with van der Waals surface area (Å²) in [5, 5.41) is 0. The average Bonchev–Trinajstić information content (AvgIpc) is 3.04. The molecule has 0 aromatic carbocycles. The average molecular weight is 312 g/mol. The van der Waals surface area contributed by atoms with E-state index in [-0.39, 0.29) is 23.4 Å². The third-order valence-corrected chi connectivity index (χ3v) is 4.08. The van der Waals surface area contributed by atoms with Crippen LogP contribution in [0.15, 0.2) is 35.3 Å². The van der Waals surface area contributed by atoms with E-state index in [2.05, 4.69) is 15.0 Å². The van der Waals surface area contributed by atoms with Crippen LogP contribution in [0.5, 0.6) is 0 Å². The summed E-state index contributed by atoms with van der Waals surface area (Å²) >= 11 is 0. The number of hydrogen-bond donors (Lipinski definition) is 1. The lowest BCUT2D eigenvalue weighted by Gasteiger charge is -2.24. The predicted molar refractivity (Wildman–Crippen MR) is 86.2 cm³/mol. The second kappa shape index (κ2) is 6.32. The number of likely N-dealkylation sites (tertiary alicyclic amines) is 1. The molecule has 2 aromatic heterocycles. The van der Waals surface area contributed by atoms with Crippen LogP contribution in [0.3, 0.4) is 0 Å². The zero-order chi connectivity index (χ0) is 16.4. The first-order valence-corrected chi connectivity index (χ1v) is 7.89. The van der Waals surface area contributed by atoms with Crippen LogP contribution in [0.2, 0.25) is 0 Å². The first kappa shape index (κ1) is 15.4. The van der Waals surface area contributed by atoms with Gasteiger partial charge >= 0.3 is 0 Å². The molecule has 1 fully saturated rings. The van der Waals surface area contributed by atoms with Gasteiger partial charge in [-0.1, -0.05) is 19.9 Å². The number of H-pyrrole nitrogens is 1. The Morgan fingerprint density at radius 3 is 2.91 bits per heavy atom. The molecule has 1 amide bonds. The van der Waals surface area contributed by atoms with Crippen molar-refractivity contribution in [1.29, 1.82) is 0 Å². The fourth-order valence-electron chi connectivity index (χ4n) is 2.88. The number of pyridine rings is 1. The maximum atomic E-state index is 12.7. The van der Waals surface area contributed by atoms with E-state index in [1.165, 1.54) is 6.07 Å². The summed E-state index contributed by atoms with van der Waals surface area (Å²) in [7, 11) is 0. The molecule has 1 aliphatic rings. The lowest BCUT2D eigenvalue weighted by molar-refractivity contribution is 0.0723. The Hall–Kier alpha value is -2.50. The summed E-state index contributed by atoms with van der Waals surface area (Å²) in [5.74, 6) is 0.617. The summed E-state index contributed by atoms with van der Waals surface area (Å²) in [4.78, 5) is 37.8. The molecule has 1 N–H and O–H groups in total. The number of rotatable bonds is 3. The Morgan fingerprint density at radius 1 is 1.39 bits per heavy atom. The minimum absolute atomic E-state index is 0.120. The number of nitrogens with zero attached hydrogens (tertiary/aromatic N) is 3. The van der Waals surface area contributed by atoms with E-state index < -0.39 is 0 Å². The molecule has 0 spiro atoms. The van der Waals surface area contributed by atoms with Gasteiger partial charge in [-0.3, -0.25) is 14.6 Å². The number of aromatic amines is 1. The van der Waals surface area contributed by atoms with Gasteiger partial charge in [0.1, 0.15) is 11.5 Å². The van der Waals surface area contributed by atoms with E-state index in [0.29, 0.717) is 18.1 Å². The summed E-state index contributed by atoms with van der Waals surface area (Å²) < 4.78 is 0. The number of amides is 1. The monoisotopic (exact) mass is 312 g/mol. The van der Waals surface area contributed by atoms with Crippen LogP contribution in [0.4, 0.5) is 0 Å². The second-order valence-corrected chi connectivity index (χ2v) is 6.08. The van der Waals surface area contributed by atoms with Crippen molar-refractivity contribution in [3.05, 3.63) is 58.0 Å². The van der Waals surface area contributed by atoms with Crippen LogP contribution < -0.4 is 5.56 Å². The van der Waals surface area contributed by atoms with Gasteiger partial charge in [0.15, 0.2) is 0 Å². The molecule has 6 heteroatoms. The van der Waals surface area contributed by atoms with Crippen LogP contribution in [0, 0.1) is 0 Å². The van der Waals surface area contributed by atoms with Crippen molar-refractivity contribution in [3.63, 3.8) is 0 Å². The number of nitrogens with one attached hydrogen (secondary N) is 1. The molecule has 6 nitrogen and oxygen atoms in total. The van der Waals surface area contributed by atoms with E-state index in [4.69, 9.17) is 0 Å². The summed E-state index contributed by atoms with van der Waals surface area (Å²) in [6, 6.07) is 6.61. The Bertz CT molecular complexity index is 755. The van der Waals surface area contributed by atoms with Crippen molar-refractivity contribution in [3.8, 4) is 0 Å². The Balaban J connectivity index is 1.93. The first-order valence-electron chi connectivity index (χ1n) is 7.89. The molecule has 0 radical (unpaired) electrons. The van der Waals surface area contributed by atoms with Gasteiger partial charge in [0.2, 0.25) is 0 Å². The molecule has 0 bridgehead atoms. The Labute approximate surface area is 134 Å². The standard InChI is InChI=1S/C17H20N4O2/c1-11(2)13-10-15(22)20-16(19-13)14-7-5-9-21(14)17(23)12-6-3-4-8-18-12/h3-4,6,8,10-11,14H,5,7,9H2,1-2H3,(H,19,20,22)/t14-/m1/s1. The highest BCUT2D eigenvalue weighted by Gasteiger charge is 2.33. The quantitative estimate of drug-likeness (QED) is 0.943. The van der Waals surface area contributed by atoms with Gasteiger partial charge < -0.3 is 9.88 Å². The van der Waals surface area contributed by atoms with E-state index in [1.807, 2.05) is 13.8 Å². The van der Waals surface area contributed by atoms with Gasteiger partial charge in [-0.2, -0.15) is 0 Å². The Morgan fingerprint density at radius 2 is 2.22 bits per heavy atom. The summed E-state index contributed by atoms with van der Waals surface area (Å²) in [6.45, 7) is 4.64. The first-order chi connectivity index (χ1) is 11.1. The second-order valence-electron chi connectivity index (χ2n) is 6.08. The van der Waals surface area contributed by atoms with Crippen LogP contribution in [0.25, 0.3) is 0 Å². The number of hydrogen-bond acceptors (Lipinski definition) is 4. The highest BCUT2D eigenvalue weighted by atomic mass is 16.2. The topological polar surface area (TPSA) is 79.0 Å². The maximum absolute atomic E-state index is 12.7. The van der Waals surface area contributed by atoms with E-state index in [0.717, 1.165) is 18.5 Å². The van der Waals surface area contributed by atoms with Crippen molar-refractivity contribution in [2.75, 3.05) is 6.54 Å². The van der Waals surface area contributed by atoms with Crippen molar-refractivity contribution in [2.45, 2.75) is 38.6 Å². The number of aromatic nitrogens is 3. The third kappa shape index (κ3) is 3.16. The maximum Gasteiger partial charge on any atom is 0.273 e. The molecule has 0 unspecified atom stereocenters. The third-order valence-electron chi connectivity index (χ3n) is 4.08. The van der Waals surface area contributed by atoms with Crippen LogP contribution in [0.1, 0.15) is 60.7 Å². The SMILES string of the molecule is CC(C)c1cc(=O)[nH]c([C@H]2CCCN2C(=O)c2ccccn2)n1. The van der Waals surface area contributed by atoms with Gasteiger partial charge in [0.05, 0.1) is 11.7 Å². The zero-order valence-corrected chi connectivity index (χ0v) is 13.3. The molecule has 1 atom stereocenters. The van der Waals surface area contributed by atoms with Gasteiger partial charge in [-0.05, 0) is 30.9 Å².